The van der Waals surface area contributed by atoms with Crippen molar-refractivity contribution in [2.45, 2.75) is 30.0 Å². The number of ether oxygens (including phenoxy) is 2. The summed E-state index contributed by atoms with van der Waals surface area (Å²) in [5.41, 5.74) is 0. The molecule has 1 atom stereocenters. The SMILES string of the molecule is CCOC(=O)[C@@H](Sc1nn(CCOc2ccccc2)c(=S)s1)C(C)=O. The minimum Gasteiger partial charge on any atom is -0.492 e. The summed E-state index contributed by atoms with van der Waals surface area (Å²) >= 11 is 7.61. The number of para-hydroxylation sites is 1. The molecule has 0 amide bonds. The van der Waals surface area contributed by atoms with Gasteiger partial charge in [0.05, 0.1) is 13.2 Å². The van der Waals surface area contributed by atoms with Crippen molar-refractivity contribution in [2.75, 3.05) is 13.2 Å². The van der Waals surface area contributed by atoms with Crippen LogP contribution >= 0.6 is 35.3 Å². The van der Waals surface area contributed by atoms with Gasteiger partial charge in [0.2, 0.25) is 0 Å². The van der Waals surface area contributed by atoms with Gasteiger partial charge in [0.25, 0.3) is 0 Å². The van der Waals surface area contributed by atoms with E-state index in [0.717, 1.165) is 17.5 Å². The third-order valence-electron chi connectivity index (χ3n) is 2.99. The van der Waals surface area contributed by atoms with Crippen molar-refractivity contribution >= 4 is 47.1 Å². The molecule has 9 heteroatoms. The monoisotopic (exact) mass is 398 g/mol. The molecule has 0 fully saturated rings. The number of carbonyl (C=O) groups is 2. The third kappa shape index (κ3) is 5.94. The number of Topliss-reactive ketones (excluding diaryl/α,β-unsaturated/α-hetero) is 1. The number of carbonyl (C=O) groups excluding carboxylic acids is 2. The lowest BCUT2D eigenvalue weighted by Gasteiger charge is -2.09. The van der Waals surface area contributed by atoms with Crippen LogP contribution in [0.25, 0.3) is 0 Å². The Morgan fingerprint density at radius 1 is 1.36 bits per heavy atom. The fourth-order valence-corrected chi connectivity index (χ4v) is 4.31. The fourth-order valence-electron chi connectivity index (χ4n) is 1.86. The van der Waals surface area contributed by atoms with Gasteiger partial charge in [0.15, 0.2) is 19.3 Å². The molecule has 2 rings (SSSR count). The topological polar surface area (TPSA) is 70.4 Å². The van der Waals surface area contributed by atoms with E-state index in [2.05, 4.69) is 5.10 Å². The lowest BCUT2D eigenvalue weighted by molar-refractivity contribution is -0.144. The fraction of sp³-hybridized carbons (Fsp3) is 0.375. The van der Waals surface area contributed by atoms with Crippen molar-refractivity contribution in [3.8, 4) is 5.75 Å². The minimum atomic E-state index is -0.922. The van der Waals surface area contributed by atoms with Crippen LogP contribution in [0.5, 0.6) is 5.75 Å². The molecule has 0 bridgehead atoms. The van der Waals surface area contributed by atoms with Gasteiger partial charge in [-0.3, -0.25) is 9.59 Å². The molecular weight excluding hydrogens is 380 g/mol. The first-order valence-electron chi connectivity index (χ1n) is 7.60. The first-order chi connectivity index (χ1) is 12.0. The number of benzene rings is 1. The Kier molecular flexibility index (Phi) is 7.60. The molecule has 0 saturated carbocycles. The van der Waals surface area contributed by atoms with E-state index in [1.165, 1.54) is 18.3 Å². The van der Waals surface area contributed by atoms with Gasteiger partial charge in [0.1, 0.15) is 12.4 Å². The number of hydrogen-bond acceptors (Lipinski definition) is 8. The minimum absolute atomic E-state index is 0.226. The number of rotatable bonds is 9. The van der Waals surface area contributed by atoms with Crippen molar-refractivity contribution < 1.29 is 19.1 Å². The molecule has 0 N–H and O–H groups in total. The highest BCUT2D eigenvalue weighted by Gasteiger charge is 2.27. The second-order valence-corrected chi connectivity index (χ2v) is 7.85. The molecule has 0 aliphatic heterocycles. The molecule has 0 radical (unpaired) electrons. The van der Waals surface area contributed by atoms with Gasteiger partial charge in [-0.1, -0.05) is 41.3 Å². The number of thioether (sulfide) groups is 1. The average Bonchev–Trinajstić information content (AvgIpc) is 2.93. The van der Waals surface area contributed by atoms with E-state index in [1.807, 2.05) is 30.3 Å². The van der Waals surface area contributed by atoms with E-state index in [9.17, 15) is 9.59 Å². The first-order valence-corrected chi connectivity index (χ1v) is 9.71. The summed E-state index contributed by atoms with van der Waals surface area (Å²) in [5.74, 6) is -0.0543. The van der Waals surface area contributed by atoms with Gasteiger partial charge in [-0.15, -0.1) is 0 Å². The Balaban J connectivity index is 1.97. The van der Waals surface area contributed by atoms with Crippen LogP contribution in [0, 0.1) is 3.95 Å². The second kappa shape index (κ2) is 9.69. The maximum atomic E-state index is 11.9. The van der Waals surface area contributed by atoms with Crippen molar-refractivity contribution in [1.82, 2.24) is 9.78 Å². The molecule has 0 aliphatic rings. The van der Waals surface area contributed by atoms with Crippen LogP contribution in [-0.4, -0.2) is 40.0 Å². The normalized spacial score (nSPS) is 11.8. The predicted octanol–water partition coefficient (Wildman–Crippen LogP) is 3.37. The van der Waals surface area contributed by atoms with E-state index in [1.54, 1.807) is 11.6 Å². The highest BCUT2D eigenvalue weighted by atomic mass is 32.2. The molecule has 6 nitrogen and oxygen atoms in total. The lowest BCUT2D eigenvalue weighted by Crippen LogP contribution is -2.27. The predicted molar refractivity (Wildman–Crippen MR) is 99.8 cm³/mol. The van der Waals surface area contributed by atoms with Crippen molar-refractivity contribution in [2.24, 2.45) is 0 Å². The highest BCUT2D eigenvalue weighted by Crippen LogP contribution is 2.27. The smallest absolute Gasteiger partial charge is 0.327 e. The third-order valence-corrected chi connectivity index (χ3v) is 5.68. The summed E-state index contributed by atoms with van der Waals surface area (Å²) in [6.07, 6.45) is 0. The molecule has 0 unspecified atom stereocenters. The maximum absolute atomic E-state index is 11.9. The maximum Gasteiger partial charge on any atom is 0.327 e. The van der Waals surface area contributed by atoms with Crippen molar-refractivity contribution in [3.05, 3.63) is 34.3 Å². The van der Waals surface area contributed by atoms with Gasteiger partial charge in [0, 0.05) is 0 Å². The summed E-state index contributed by atoms with van der Waals surface area (Å²) in [5, 5.41) is 3.44. The zero-order valence-corrected chi connectivity index (χ0v) is 16.3. The Hall–Kier alpha value is -1.71. The van der Waals surface area contributed by atoms with E-state index in [0.29, 0.717) is 21.4 Å². The Morgan fingerprint density at radius 3 is 2.72 bits per heavy atom. The zero-order valence-electron chi connectivity index (χ0n) is 13.8. The summed E-state index contributed by atoms with van der Waals surface area (Å²) in [7, 11) is 0. The molecule has 2 aromatic rings. The molecule has 0 spiro atoms. The van der Waals surface area contributed by atoms with Crippen LogP contribution < -0.4 is 4.74 Å². The van der Waals surface area contributed by atoms with Gasteiger partial charge in [-0.2, -0.15) is 5.10 Å². The number of esters is 1. The molecular formula is C16H18N2O4S3. The molecule has 1 heterocycles. The summed E-state index contributed by atoms with van der Waals surface area (Å²) in [6.45, 7) is 4.18. The Labute approximate surface area is 159 Å². The molecule has 0 aliphatic carbocycles. The summed E-state index contributed by atoms with van der Waals surface area (Å²) in [4.78, 5) is 23.6. The van der Waals surface area contributed by atoms with Crippen LogP contribution in [-0.2, 0) is 20.9 Å². The van der Waals surface area contributed by atoms with Crippen molar-refractivity contribution in [3.63, 3.8) is 0 Å². The zero-order chi connectivity index (χ0) is 18.2. The van der Waals surface area contributed by atoms with E-state index in [4.69, 9.17) is 21.7 Å². The van der Waals surface area contributed by atoms with E-state index >= 15 is 0 Å². The summed E-state index contributed by atoms with van der Waals surface area (Å²) in [6, 6.07) is 9.46. The molecule has 1 aromatic carbocycles. The number of ketones is 1. The van der Waals surface area contributed by atoms with Gasteiger partial charge >= 0.3 is 5.97 Å². The van der Waals surface area contributed by atoms with Crippen molar-refractivity contribution in [1.29, 1.82) is 0 Å². The largest absolute Gasteiger partial charge is 0.492 e. The van der Waals surface area contributed by atoms with Gasteiger partial charge in [-0.25, -0.2) is 4.68 Å². The lowest BCUT2D eigenvalue weighted by atomic mass is 10.3. The average molecular weight is 399 g/mol. The second-order valence-electron chi connectivity index (χ2n) is 4.88. The van der Waals surface area contributed by atoms with Gasteiger partial charge < -0.3 is 9.47 Å². The quantitative estimate of drug-likeness (QED) is 0.278. The first kappa shape index (κ1) is 19.6. The van der Waals surface area contributed by atoms with Crippen LogP contribution in [0.1, 0.15) is 13.8 Å². The molecule has 134 valence electrons. The molecule has 0 saturated heterocycles. The Bertz CT molecular complexity index is 773. The summed E-state index contributed by atoms with van der Waals surface area (Å²) < 4.78 is 13.3. The van der Waals surface area contributed by atoms with Crippen LogP contribution in [0.2, 0.25) is 0 Å². The van der Waals surface area contributed by atoms with Crippen LogP contribution in [0.3, 0.4) is 0 Å². The van der Waals surface area contributed by atoms with Gasteiger partial charge in [-0.05, 0) is 38.2 Å². The molecule has 1 aromatic heterocycles. The number of aromatic nitrogens is 2. The van der Waals surface area contributed by atoms with Crippen LogP contribution in [0.15, 0.2) is 34.7 Å². The Morgan fingerprint density at radius 2 is 2.08 bits per heavy atom. The van der Waals surface area contributed by atoms with E-state index < -0.39 is 11.2 Å². The van der Waals surface area contributed by atoms with E-state index in [-0.39, 0.29) is 12.4 Å². The standard InChI is InChI=1S/C16H18N2O4S3/c1-3-21-14(20)13(11(2)19)24-15-17-18(16(23)25-15)9-10-22-12-7-5-4-6-8-12/h4-8,13H,3,9-10H2,1-2H3/t13-/m0/s1. The number of nitrogens with zero attached hydrogens (tertiary/aromatic N) is 2. The van der Waals surface area contributed by atoms with Crippen LogP contribution in [0.4, 0.5) is 0 Å². The highest BCUT2D eigenvalue weighted by molar-refractivity contribution is 8.03. The number of hydrogen-bond donors (Lipinski definition) is 0. The molecule has 25 heavy (non-hydrogen) atoms.